The van der Waals surface area contributed by atoms with Crippen LogP contribution in [0.25, 0.3) is 0 Å². The molecule has 1 aliphatic carbocycles. The minimum Gasteiger partial charge on any atom is -0.473 e. The summed E-state index contributed by atoms with van der Waals surface area (Å²) >= 11 is 0. The molecule has 124 valence electrons. The van der Waals surface area contributed by atoms with E-state index in [1.54, 1.807) is 0 Å². The molecule has 1 aromatic rings. The van der Waals surface area contributed by atoms with Crippen LogP contribution in [0.4, 0.5) is 0 Å². The highest BCUT2D eigenvalue weighted by Gasteiger charge is 2.61. The summed E-state index contributed by atoms with van der Waals surface area (Å²) in [5.74, 6) is 0. The number of fused-ring (bicyclic) bond motifs is 1. The Balaban J connectivity index is 1.32. The summed E-state index contributed by atoms with van der Waals surface area (Å²) in [5.41, 5.74) is 1.02. The molecule has 0 aromatic heterocycles. The van der Waals surface area contributed by atoms with Gasteiger partial charge >= 0.3 is 0 Å². The van der Waals surface area contributed by atoms with Gasteiger partial charge in [-0.05, 0) is 24.5 Å². The molecule has 0 radical (unpaired) electrons. The van der Waals surface area contributed by atoms with E-state index in [0.717, 1.165) is 19.3 Å². The van der Waals surface area contributed by atoms with E-state index in [0.29, 0.717) is 20.0 Å². The van der Waals surface area contributed by atoms with E-state index in [1.165, 1.54) is 18.4 Å². The van der Waals surface area contributed by atoms with E-state index in [1.807, 2.05) is 24.5 Å². The van der Waals surface area contributed by atoms with Crippen LogP contribution < -0.4 is 0 Å². The third kappa shape index (κ3) is 2.80. The number of ether oxygens (including phenoxy) is 4. The van der Waals surface area contributed by atoms with Gasteiger partial charge in [0.05, 0.1) is 19.5 Å². The van der Waals surface area contributed by atoms with Crippen molar-refractivity contribution in [2.75, 3.05) is 13.4 Å². The third-order valence-electron chi connectivity index (χ3n) is 5.47. The maximum absolute atomic E-state index is 6.19. The van der Waals surface area contributed by atoms with Gasteiger partial charge in [0.15, 0.2) is 0 Å². The minimum absolute atomic E-state index is 0.0407. The Bertz CT molecular complexity index is 558. The first-order chi connectivity index (χ1) is 11.3. The largest absolute Gasteiger partial charge is 0.473 e. The van der Waals surface area contributed by atoms with Gasteiger partial charge in [-0.2, -0.15) is 0 Å². The molecule has 0 amide bonds. The van der Waals surface area contributed by atoms with Crippen LogP contribution in [0.15, 0.2) is 42.7 Å². The smallest absolute Gasteiger partial charge is 0.200 e. The Morgan fingerprint density at radius 3 is 2.87 bits per heavy atom. The number of benzene rings is 1. The van der Waals surface area contributed by atoms with Gasteiger partial charge in [-0.3, -0.25) is 0 Å². The van der Waals surface area contributed by atoms with Crippen molar-refractivity contribution in [3.63, 3.8) is 0 Å². The number of rotatable bonds is 6. The van der Waals surface area contributed by atoms with Crippen molar-refractivity contribution in [1.29, 1.82) is 0 Å². The molecular formula is C19H24O4. The lowest BCUT2D eigenvalue weighted by Gasteiger charge is -2.45. The summed E-state index contributed by atoms with van der Waals surface area (Å²) in [6.45, 7) is 1.58. The Kier molecular flexibility index (Phi) is 4.14. The Labute approximate surface area is 137 Å². The zero-order valence-electron chi connectivity index (χ0n) is 13.4. The van der Waals surface area contributed by atoms with Crippen LogP contribution in [0.3, 0.4) is 0 Å². The first-order valence-electron chi connectivity index (χ1n) is 8.52. The average Bonchev–Trinajstić information content (AvgIpc) is 2.81. The van der Waals surface area contributed by atoms with E-state index in [4.69, 9.17) is 18.9 Å². The van der Waals surface area contributed by atoms with Crippen molar-refractivity contribution in [2.24, 2.45) is 5.41 Å². The molecule has 0 N–H and O–H groups in total. The SMILES string of the molecule is C1=C[C@]23CCCC[C@@]2(COCOCc2ccccc2)C[C@H](O1)O3. The van der Waals surface area contributed by atoms with Crippen molar-refractivity contribution in [1.82, 2.24) is 0 Å². The van der Waals surface area contributed by atoms with Crippen LogP contribution in [0.1, 0.15) is 37.7 Å². The highest BCUT2D eigenvalue weighted by atomic mass is 16.7. The second-order valence-electron chi connectivity index (χ2n) is 6.87. The molecule has 1 saturated heterocycles. The van der Waals surface area contributed by atoms with Gasteiger partial charge in [0.1, 0.15) is 12.4 Å². The normalized spacial score (nSPS) is 34.9. The fourth-order valence-corrected chi connectivity index (χ4v) is 4.28. The van der Waals surface area contributed by atoms with E-state index < -0.39 is 0 Å². The highest BCUT2D eigenvalue weighted by Crippen LogP contribution is 2.58. The molecular weight excluding hydrogens is 292 g/mol. The van der Waals surface area contributed by atoms with Crippen molar-refractivity contribution in [2.45, 2.75) is 50.6 Å². The van der Waals surface area contributed by atoms with Crippen LogP contribution in [-0.4, -0.2) is 25.3 Å². The molecule has 2 aliphatic heterocycles. The van der Waals surface area contributed by atoms with Gasteiger partial charge in [-0.25, -0.2) is 0 Å². The van der Waals surface area contributed by atoms with Gasteiger partial charge in [-0.15, -0.1) is 0 Å². The van der Waals surface area contributed by atoms with Gasteiger partial charge in [-0.1, -0.05) is 43.2 Å². The van der Waals surface area contributed by atoms with E-state index in [2.05, 4.69) is 18.2 Å². The van der Waals surface area contributed by atoms with Crippen LogP contribution >= 0.6 is 0 Å². The van der Waals surface area contributed by atoms with Crippen LogP contribution in [-0.2, 0) is 25.6 Å². The summed E-state index contributed by atoms with van der Waals surface area (Å²) in [7, 11) is 0. The monoisotopic (exact) mass is 316 g/mol. The van der Waals surface area contributed by atoms with E-state index >= 15 is 0 Å². The zero-order chi connectivity index (χ0) is 15.6. The summed E-state index contributed by atoms with van der Waals surface area (Å²) < 4.78 is 23.3. The lowest BCUT2D eigenvalue weighted by molar-refractivity contribution is -0.175. The number of hydrogen-bond donors (Lipinski definition) is 0. The van der Waals surface area contributed by atoms with Crippen molar-refractivity contribution >= 4 is 0 Å². The number of hydrogen-bond acceptors (Lipinski definition) is 4. The zero-order valence-corrected chi connectivity index (χ0v) is 13.4. The van der Waals surface area contributed by atoms with Gasteiger partial charge in [0, 0.05) is 11.8 Å². The maximum Gasteiger partial charge on any atom is 0.200 e. The second-order valence-corrected chi connectivity index (χ2v) is 6.87. The van der Waals surface area contributed by atoms with E-state index in [-0.39, 0.29) is 17.3 Å². The summed E-state index contributed by atoms with van der Waals surface area (Å²) in [4.78, 5) is 0. The molecule has 2 bridgehead atoms. The van der Waals surface area contributed by atoms with Crippen molar-refractivity contribution in [3.05, 3.63) is 48.2 Å². The molecule has 3 aliphatic rings. The summed E-state index contributed by atoms with van der Waals surface area (Å²) in [6, 6.07) is 10.2. The highest BCUT2D eigenvalue weighted by molar-refractivity contribution is 5.19. The predicted octanol–water partition coefficient (Wildman–Crippen LogP) is 3.77. The quantitative estimate of drug-likeness (QED) is 0.591. The lowest BCUT2D eigenvalue weighted by Crippen LogP contribution is -2.49. The average molecular weight is 316 g/mol. The molecule has 2 fully saturated rings. The van der Waals surface area contributed by atoms with Crippen LogP contribution in [0.5, 0.6) is 0 Å². The molecule has 1 saturated carbocycles. The van der Waals surface area contributed by atoms with Crippen LogP contribution in [0, 0.1) is 5.41 Å². The maximum atomic E-state index is 6.19. The Morgan fingerprint density at radius 2 is 1.96 bits per heavy atom. The molecule has 4 rings (SSSR count). The first kappa shape index (κ1) is 15.2. The minimum atomic E-state index is -0.187. The molecule has 2 heterocycles. The summed E-state index contributed by atoms with van der Waals surface area (Å²) in [5, 5.41) is 0. The molecule has 4 heteroatoms. The molecule has 4 nitrogen and oxygen atoms in total. The first-order valence-corrected chi connectivity index (χ1v) is 8.52. The van der Waals surface area contributed by atoms with Gasteiger partial charge in [0.25, 0.3) is 0 Å². The summed E-state index contributed by atoms with van der Waals surface area (Å²) in [6.07, 6.45) is 9.40. The molecule has 23 heavy (non-hydrogen) atoms. The lowest BCUT2D eigenvalue weighted by atomic mass is 9.63. The topological polar surface area (TPSA) is 36.9 Å². The fraction of sp³-hybridized carbons (Fsp3) is 0.579. The Morgan fingerprint density at radius 1 is 1.09 bits per heavy atom. The standard InChI is InChI=1S/C19H24O4/c1-2-6-16(7-3-1)13-20-15-21-14-18-8-4-5-9-19(18)10-11-22-17(12-18)23-19/h1-3,6-7,10-11,17H,4-5,8-9,12-15H2/t17-,18+,19-/m1/s1. The van der Waals surface area contributed by atoms with Crippen molar-refractivity contribution in [3.8, 4) is 0 Å². The molecule has 3 atom stereocenters. The predicted molar refractivity (Wildman–Crippen MR) is 85.4 cm³/mol. The molecule has 1 aromatic carbocycles. The van der Waals surface area contributed by atoms with Crippen molar-refractivity contribution < 1.29 is 18.9 Å². The molecule has 1 spiro atoms. The second kappa shape index (κ2) is 6.27. The van der Waals surface area contributed by atoms with E-state index in [9.17, 15) is 0 Å². The van der Waals surface area contributed by atoms with Crippen LogP contribution in [0.2, 0.25) is 0 Å². The Hall–Kier alpha value is -1.36. The molecule has 0 unspecified atom stereocenters. The fourth-order valence-electron chi connectivity index (χ4n) is 4.28. The van der Waals surface area contributed by atoms with Gasteiger partial charge in [0.2, 0.25) is 6.29 Å². The van der Waals surface area contributed by atoms with Gasteiger partial charge < -0.3 is 18.9 Å². The third-order valence-corrected chi connectivity index (χ3v) is 5.47.